The van der Waals surface area contributed by atoms with Gasteiger partial charge < -0.3 is 10.4 Å². The van der Waals surface area contributed by atoms with Gasteiger partial charge in [0.25, 0.3) is 0 Å². The van der Waals surface area contributed by atoms with Crippen LogP contribution in [0.3, 0.4) is 0 Å². The van der Waals surface area contributed by atoms with Crippen LogP contribution in [0, 0.1) is 0 Å². The molecule has 0 aliphatic carbocycles. The number of carboxylic acids is 1. The summed E-state index contributed by atoms with van der Waals surface area (Å²) in [6, 6.07) is 0. The van der Waals surface area contributed by atoms with Crippen molar-refractivity contribution < 1.29 is 14.7 Å². The number of thiazole rings is 1. The van der Waals surface area contributed by atoms with Crippen molar-refractivity contribution in [2.75, 3.05) is 5.32 Å². The van der Waals surface area contributed by atoms with Crippen LogP contribution in [0.1, 0.15) is 45.3 Å². The zero-order valence-electron chi connectivity index (χ0n) is 14.5. The molecule has 0 unspecified atom stereocenters. The number of carbonyl (C=O) groups is 2. The molecule has 2 N–H and O–H groups in total. The molecular weight excluding hydrogens is 328 g/mol. The molecule has 0 bridgehead atoms. The zero-order chi connectivity index (χ0) is 18.1. The summed E-state index contributed by atoms with van der Waals surface area (Å²) in [6.45, 7) is 9.31. The molecule has 8 heteroatoms. The molecule has 1 amide bonds. The molecule has 0 spiro atoms. The quantitative estimate of drug-likeness (QED) is 0.864. The highest BCUT2D eigenvalue weighted by Gasteiger charge is 2.30. The molecule has 2 heterocycles. The number of aliphatic carboxylic acids is 1. The number of anilines is 1. The molecular formula is C16H22N4O3S. The van der Waals surface area contributed by atoms with E-state index in [0.717, 1.165) is 10.7 Å². The van der Waals surface area contributed by atoms with Crippen LogP contribution in [0.5, 0.6) is 0 Å². The largest absolute Gasteiger partial charge is 0.479 e. The second-order valence-corrected chi connectivity index (χ2v) is 8.01. The van der Waals surface area contributed by atoms with E-state index in [-0.39, 0.29) is 17.7 Å². The Morgan fingerprint density at radius 2 is 1.96 bits per heavy atom. The van der Waals surface area contributed by atoms with Gasteiger partial charge in [-0.3, -0.25) is 9.48 Å². The highest BCUT2D eigenvalue weighted by Crippen LogP contribution is 2.25. The zero-order valence-corrected chi connectivity index (χ0v) is 15.3. The third-order valence-corrected chi connectivity index (χ3v) is 4.81. The Bertz CT molecular complexity index is 755. The predicted molar refractivity (Wildman–Crippen MR) is 92.3 cm³/mol. The van der Waals surface area contributed by atoms with Crippen molar-refractivity contribution >= 4 is 28.9 Å². The first-order valence-electron chi connectivity index (χ1n) is 7.53. The van der Waals surface area contributed by atoms with Gasteiger partial charge in [-0.2, -0.15) is 5.10 Å². The summed E-state index contributed by atoms with van der Waals surface area (Å²) in [5.74, 6) is -1.21. The van der Waals surface area contributed by atoms with Gasteiger partial charge in [0, 0.05) is 17.0 Å². The van der Waals surface area contributed by atoms with Gasteiger partial charge in [-0.05, 0) is 13.8 Å². The van der Waals surface area contributed by atoms with E-state index < -0.39 is 11.5 Å². The number of aromatic nitrogens is 3. The molecule has 2 aromatic heterocycles. The first kappa shape index (κ1) is 18.1. The van der Waals surface area contributed by atoms with Gasteiger partial charge in [-0.1, -0.05) is 20.8 Å². The minimum Gasteiger partial charge on any atom is -0.479 e. The molecule has 0 saturated heterocycles. The molecule has 130 valence electrons. The molecule has 2 aromatic rings. The standard InChI is InChI=1S/C16H22N4O3S/c1-15(2,3)13-19-10(9-24-13)6-12(21)18-11-7-17-20(8-11)16(4,5)14(22)23/h7-9H,6H2,1-5H3,(H,18,21)(H,22,23). The van der Waals surface area contributed by atoms with Crippen LogP contribution in [0.2, 0.25) is 0 Å². The van der Waals surface area contributed by atoms with Crippen molar-refractivity contribution in [3.63, 3.8) is 0 Å². The topological polar surface area (TPSA) is 97.1 Å². The monoisotopic (exact) mass is 350 g/mol. The molecule has 0 fully saturated rings. The maximum absolute atomic E-state index is 12.1. The van der Waals surface area contributed by atoms with Gasteiger partial charge in [0.2, 0.25) is 5.91 Å². The highest BCUT2D eigenvalue weighted by molar-refractivity contribution is 7.09. The Kier molecular flexibility index (Phi) is 4.80. The lowest BCUT2D eigenvalue weighted by atomic mass is 9.98. The van der Waals surface area contributed by atoms with E-state index in [0.29, 0.717) is 5.69 Å². The van der Waals surface area contributed by atoms with Crippen molar-refractivity contribution in [1.82, 2.24) is 14.8 Å². The van der Waals surface area contributed by atoms with E-state index in [1.807, 2.05) is 5.38 Å². The number of nitrogens with zero attached hydrogens (tertiary/aromatic N) is 3. The Morgan fingerprint density at radius 1 is 1.29 bits per heavy atom. The lowest BCUT2D eigenvalue weighted by molar-refractivity contribution is -0.146. The second kappa shape index (κ2) is 6.35. The molecule has 0 atom stereocenters. The third-order valence-electron chi connectivity index (χ3n) is 3.50. The van der Waals surface area contributed by atoms with E-state index in [1.165, 1.54) is 30.9 Å². The summed E-state index contributed by atoms with van der Waals surface area (Å²) in [6.07, 6.45) is 3.11. The molecule has 0 aromatic carbocycles. The number of carbonyl (C=O) groups excluding carboxylic acids is 1. The molecule has 0 aliphatic heterocycles. The average Bonchev–Trinajstić information content (AvgIpc) is 3.07. The van der Waals surface area contributed by atoms with Crippen LogP contribution < -0.4 is 5.32 Å². The van der Waals surface area contributed by atoms with Gasteiger partial charge in [0.1, 0.15) is 0 Å². The third kappa shape index (κ3) is 4.00. The normalized spacial score (nSPS) is 12.2. The summed E-state index contributed by atoms with van der Waals surface area (Å²) in [5, 5.41) is 18.8. The molecule has 24 heavy (non-hydrogen) atoms. The van der Waals surface area contributed by atoms with Crippen LogP contribution in [0.4, 0.5) is 5.69 Å². The molecule has 2 rings (SSSR count). The Morgan fingerprint density at radius 3 is 2.50 bits per heavy atom. The van der Waals surface area contributed by atoms with Crippen molar-refractivity contribution in [2.45, 2.75) is 52.0 Å². The summed E-state index contributed by atoms with van der Waals surface area (Å²) in [4.78, 5) is 27.8. The van der Waals surface area contributed by atoms with E-state index in [9.17, 15) is 14.7 Å². The van der Waals surface area contributed by atoms with E-state index in [2.05, 4.69) is 36.2 Å². The van der Waals surface area contributed by atoms with Crippen molar-refractivity contribution in [1.29, 1.82) is 0 Å². The van der Waals surface area contributed by atoms with Gasteiger partial charge in [0.05, 0.1) is 29.0 Å². The van der Waals surface area contributed by atoms with Crippen molar-refractivity contribution in [3.05, 3.63) is 28.5 Å². The van der Waals surface area contributed by atoms with Crippen LogP contribution >= 0.6 is 11.3 Å². The maximum Gasteiger partial charge on any atom is 0.331 e. The van der Waals surface area contributed by atoms with Crippen LogP contribution in [0.15, 0.2) is 17.8 Å². The summed E-state index contributed by atoms with van der Waals surface area (Å²) in [7, 11) is 0. The minimum absolute atomic E-state index is 0.0387. The average molecular weight is 350 g/mol. The fourth-order valence-electron chi connectivity index (χ4n) is 1.89. The Hall–Kier alpha value is -2.22. The highest BCUT2D eigenvalue weighted by atomic mass is 32.1. The second-order valence-electron chi connectivity index (χ2n) is 7.16. The summed E-state index contributed by atoms with van der Waals surface area (Å²) >= 11 is 1.54. The number of nitrogens with one attached hydrogen (secondary N) is 1. The fourth-order valence-corrected chi connectivity index (χ4v) is 2.80. The number of carboxylic acid groups (broad SMARTS) is 1. The predicted octanol–water partition coefficient (Wildman–Crippen LogP) is 2.64. The number of hydrogen-bond donors (Lipinski definition) is 2. The van der Waals surface area contributed by atoms with E-state index in [1.54, 1.807) is 11.3 Å². The number of rotatable bonds is 5. The number of hydrogen-bond acceptors (Lipinski definition) is 5. The summed E-state index contributed by atoms with van der Waals surface area (Å²) < 4.78 is 1.31. The number of amides is 1. The van der Waals surface area contributed by atoms with Crippen LogP contribution in [-0.2, 0) is 27.0 Å². The van der Waals surface area contributed by atoms with Gasteiger partial charge in [-0.25, -0.2) is 9.78 Å². The minimum atomic E-state index is -1.18. The van der Waals surface area contributed by atoms with Crippen LogP contribution in [0.25, 0.3) is 0 Å². The van der Waals surface area contributed by atoms with Crippen molar-refractivity contribution in [2.24, 2.45) is 0 Å². The molecule has 0 saturated carbocycles. The lowest BCUT2D eigenvalue weighted by Crippen LogP contribution is -2.35. The lowest BCUT2D eigenvalue weighted by Gasteiger charge is -2.19. The molecule has 7 nitrogen and oxygen atoms in total. The summed E-state index contributed by atoms with van der Waals surface area (Å²) in [5.41, 5.74) is -0.0381. The van der Waals surface area contributed by atoms with Gasteiger partial charge in [0.15, 0.2) is 5.54 Å². The van der Waals surface area contributed by atoms with Crippen molar-refractivity contribution in [3.8, 4) is 0 Å². The maximum atomic E-state index is 12.1. The first-order chi connectivity index (χ1) is 11.0. The van der Waals surface area contributed by atoms with E-state index >= 15 is 0 Å². The first-order valence-corrected chi connectivity index (χ1v) is 8.41. The van der Waals surface area contributed by atoms with Gasteiger partial charge in [-0.15, -0.1) is 11.3 Å². The molecule has 0 radical (unpaired) electrons. The Balaban J connectivity index is 2.02. The Labute approximate surface area is 144 Å². The SMILES string of the molecule is CC(C)(C)c1nc(CC(=O)Nc2cnn(C(C)(C)C(=O)O)c2)cs1. The molecule has 0 aliphatic rings. The van der Waals surface area contributed by atoms with Crippen LogP contribution in [-0.4, -0.2) is 31.7 Å². The smallest absolute Gasteiger partial charge is 0.331 e. The fraction of sp³-hybridized carbons (Fsp3) is 0.500. The van der Waals surface area contributed by atoms with Gasteiger partial charge >= 0.3 is 5.97 Å². The van der Waals surface area contributed by atoms with E-state index in [4.69, 9.17) is 0 Å².